The Morgan fingerprint density at radius 3 is 2.47 bits per heavy atom. The second-order valence-corrected chi connectivity index (χ2v) is 4.10. The summed E-state index contributed by atoms with van der Waals surface area (Å²) in [5.41, 5.74) is 0.332. The third kappa shape index (κ3) is 6.24. The van der Waals surface area contributed by atoms with Crippen LogP contribution in [0.4, 0.5) is 4.39 Å². The van der Waals surface area contributed by atoms with Crippen molar-refractivity contribution < 1.29 is 4.39 Å². The number of allylic oxidation sites excluding steroid dienone is 4. The van der Waals surface area contributed by atoms with E-state index in [9.17, 15) is 4.39 Å². The van der Waals surface area contributed by atoms with Crippen molar-refractivity contribution in [3.05, 3.63) is 36.0 Å². The SMILES string of the molecule is C=C(/C=C(\CC=CC)CNC)C(C)(C)F. The van der Waals surface area contributed by atoms with Gasteiger partial charge >= 0.3 is 0 Å². The first-order valence-electron chi connectivity index (χ1n) is 5.25. The average Bonchev–Trinajstić information content (AvgIpc) is 2.13. The predicted octanol–water partition coefficient (Wildman–Crippen LogP) is 3.40. The molecule has 0 spiro atoms. The molecule has 0 radical (unpaired) electrons. The number of halogens is 1. The molecule has 86 valence electrons. The fraction of sp³-hybridized carbons (Fsp3) is 0.538. The van der Waals surface area contributed by atoms with Crippen molar-refractivity contribution in [3.8, 4) is 0 Å². The van der Waals surface area contributed by atoms with Crippen molar-refractivity contribution in [2.24, 2.45) is 0 Å². The molecule has 0 aromatic rings. The minimum Gasteiger partial charge on any atom is -0.316 e. The van der Waals surface area contributed by atoms with Gasteiger partial charge in [-0.05, 0) is 39.8 Å². The van der Waals surface area contributed by atoms with Crippen LogP contribution in [0, 0.1) is 0 Å². The quantitative estimate of drug-likeness (QED) is 0.524. The van der Waals surface area contributed by atoms with Crippen molar-refractivity contribution in [3.63, 3.8) is 0 Å². The van der Waals surface area contributed by atoms with Crippen LogP contribution in [0.1, 0.15) is 27.2 Å². The topological polar surface area (TPSA) is 12.0 Å². The van der Waals surface area contributed by atoms with Crippen LogP contribution in [0.3, 0.4) is 0 Å². The summed E-state index contributed by atoms with van der Waals surface area (Å²) >= 11 is 0. The molecular weight excluding hydrogens is 189 g/mol. The van der Waals surface area contributed by atoms with Gasteiger partial charge in [-0.2, -0.15) is 0 Å². The lowest BCUT2D eigenvalue weighted by molar-refractivity contribution is 0.274. The van der Waals surface area contributed by atoms with Gasteiger partial charge in [-0.1, -0.05) is 30.4 Å². The minimum atomic E-state index is -1.34. The van der Waals surface area contributed by atoms with Crippen LogP contribution in [-0.4, -0.2) is 19.3 Å². The Bertz CT molecular complexity index is 256. The molecule has 0 aromatic heterocycles. The molecule has 0 unspecified atom stereocenters. The number of hydrogen-bond donors (Lipinski definition) is 1. The predicted molar refractivity (Wildman–Crippen MR) is 65.8 cm³/mol. The van der Waals surface area contributed by atoms with E-state index in [-0.39, 0.29) is 0 Å². The van der Waals surface area contributed by atoms with Crippen LogP contribution >= 0.6 is 0 Å². The highest BCUT2D eigenvalue weighted by Crippen LogP contribution is 2.21. The van der Waals surface area contributed by atoms with Gasteiger partial charge in [-0.15, -0.1) is 0 Å². The minimum absolute atomic E-state index is 0.525. The largest absolute Gasteiger partial charge is 0.316 e. The summed E-state index contributed by atoms with van der Waals surface area (Å²) in [7, 11) is 1.88. The van der Waals surface area contributed by atoms with Gasteiger partial charge in [0.05, 0.1) is 0 Å². The lowest BCUT2D eigenvalue weighted by atomic mass is 9.98. The van der Waals surface area contributed by atoms with Gasteiger partial charge in [0, 0.05) is 6.54 Å². The Morgan fingerprint density at radius 1 is 1.47 bits per heavy atom. The molecule has 1 N–H and O–H groups in total. The number of rotatable bonds is 6. The maximum absolute atomic E-state index is 13.5. The second-order valence-electron chi connectivity index (χ2n) is 4.10. The molecule has 0 aliphatic carbocycles. The molecular formula is C13H22FN. The van der Waals surface area contributed by atoms with Crippen LogP contribution in [0.25, 0.3) is 0 Å². The molecule has 1 nitrogen and oxygen atoms in total. The summed E-state index contributed by atoms with van der Waals surface area (Å²) in [6, 6.07) is 0. The van der Waals surface area contributed by atoms with Crippen molar-refractivity contribution in [1.82, 2.24) is 5.32 Å². The van der Waals surface area contributed by atoms with E-state index in [2.05, 4.69) is 18.0 Å². The molecule has 0 saturated carbocycles. The Balaban J connectivity index is 4.60. The molecule has 0 bridgehead atoms. The van der Waals surface area contributed by atoms with Crippen molar-refractivity contribution in [2.45, 2.75) is 32.9 Å². The Labute approximate surface area is 92.8 Å². The van der Waals surface area contributed by atoms with Crippen LogP contribution in [0.2, 0.25) is 0 Å². The van der Waals surface area contributed by atoms with E-state index in [1.54, 1.807) is 0 Å². The lowest BCUT2D eigenvalue weighted by Gasteiger charge is -2.16. The highest BCUT2D eigenvalue weighted by molar-refractivity contribution is 5.29. The third-order valence-corrected chi connectivity index (χ3v) is 2.16. The number of nitrogens with one attached hydrogen (secondary N) is 1. The maximum Gasteiger partial charge on any atom is 0.129 e. The summed E-state index contributed by atoms with van der Waals surface area (Å²) in [4.78, 5) is 0. The molecule has 0 heterocycles. The van der Waals surface area contributed by atoms with Crippen LogP contribution in [0.5, 0.6) is 0 Å². The Hall–Kier alpha value is -0.890. The van der Waals surface area contributed by atoms with E-state index in [4.69, 9.17) is 0 Å². The zero-order valence-electron chi connectivity index (χ0n) is 10.2. The number of likely N-dealkylation sites (N-methyl/N-ethyl adjacent to an activating group) is 1. The lowest BCUT2D eigenvalue weighted by Crippen LogP contribution is -2.16. The molecule has 0 saturated heterocycles. The zero-order valence-corrected chi connectivity index (χ0v) is 10.2. The van der Waals surface area contributed by atoms with Crippen molar-refractivity contribution in [2.75, 3.05) is 13.6 Å². The highest BCUT2D eigenvalue weighted by Gasteiger charge is 2.18. The van der Waals surface area contributed by atoms with E-state index in [0.717, 1.165) is 18.5 Å². The summed E-state index contributed by atoms with van der Waals surface area (Å²) in [5, 5.41) is 3.07. The number of hydrogen-bond acceptors (Lipinski definition) is 1. The van der Waals surface area contributed by atoms with E-state index < -0.39 is 5.67 Å². The monoisotopic (exact) mass is 211 g/mol. The van der Waals surface area contributed by atoms with Gasteiger partial charge < -0.3 is 5.32 Å². The fourth-order valence-electron chi connectivity index (χ4n) is 1.10. The highest BCUT2D eigenvalue weighted by atomic mass is 19.1. The summed E-state index contributed by atoms with van der Waals surface area (Å²) in [6.07, 6.45) is 6.73. The van der Waals surface area contributed by atoms with Gasteiger partial charge in [0.15, 0.2) is 0 Å². The summed E-state index contributed by atoms with van der Waals surface area (Å²) < 4.78 is 13.5. The van der Waals surface area contributed by atoms with E-state index in [0.29, 0.717) is 5.57 Å². The normalized spacial score (nSPS) is 13.5. The molecule has 15 heavy (non-hydrogen) atoms. The third-order valence-electron chi connectivity index (χ3n) is 2.16. The molecule has 0 aliphatic heterocycles. The standard InChI is InChI=1S/C13H22FN/c1-6-7-8-12(10-15-5)9-11(2)13(3,4)14/h6-7,9,15H,2,8,10H2,1,3-5H3/b7-6?,12-9+. The fourth-order valence-corrected chi connectivity index (χ4v) is 1.10. The van der Waals surface area contributed by atoms with Crippen molar-refractivity contribution in [1.29, 1.82) is 0 Å². The van der Waals surface area contributed by atoms with E-state index in [1.165, 1.54) is 13.8 Å². The van der Waals surface area contributed by atoms with Gasteiger partial charge in [0.1, 0.15) is 5.67 Å². The smallest absolute Gasteiger partial charge is 0.129 e. The first-order valence-corrected chi connectivity index (χ1v) is 5.25. The van der Waals surface area contributed by atoms with Gasteiger partial charge in [-0.3, -0.25) is 0 Å². The molecule has 0 atom stereocenters. The molecule has 0 aromatic carbocycles. The summed E-state index contributed by atoms with van der Waals surface area (Å²) in [6.45, 7) is 9.55. The Morgan fingerprint density at radius 2 is 2.07 bits per heavy atom. The maximum atomic E-state index is 13.5. The van der Waals surface area contributed by atoms with Crippen LogP contribution in [0.15, 0.2) is 36.0 Å². The van der Waals surface area contributed by atoms with Gasteiger partial charge in [0.2, 0.25) is 0 Å². The zero-order chi connectivity index (χ0) is 11.9. The average molecular weight is 211 g/mol. The number of alkyl halides is 1. The van der Waals surface area contributed by atoms with E-state index >= 15 is 0 Å². The van der Waals surface area contributed by atoms with Crippen molar-refractivity contribution >= 4 is 0 Å². The van der Waals surface area contributed by atoms with E-state index in [1.807, 2.05) is 26.1 Å². The Kier molecular flexibility index (Phi) is 6.18. The van der Waals surface area contributed by atoms with Gasteiger partial charge in [0.25, 0.3) is 0 Å². The molecule has 0 amide bonds. The molecule has 2 heteroatoms. The second kappa shape index (κ2) is 6.57. The molecule has 0 rings (SSSR count). The summed E-state index contributed by atoms with van der Waals surface area (Å²) in [5.74, 6) is 0. The molecule has 0 aliphatic rings. The first kappa shape index (κ1) is 14.1. The molecule has 0 fully saturated rings. The van der Waals surface area contributed by atoms with Crippen LogP contribution in [-0.2, 0) is 0 Å². The first-order chi connectivity index (χ1) is 6.91. The van der Waals surface area contributed by atoms with Crippen LogP contribution < -0.4 is 5.32 Å². The van der Waals surface area contributed by atoms with Gasteiger partial charge in [-0.25, -0.2) is 4.39 Å².